The minimum atomic E-state index is 0.118. The lowest BCUT2D eigenvalue weighted by molar-refractivity contribution is 0.670. The van der Waals surface area contributed by atoms with Crippen LogP contribution in [0.4, 0.5) is 11.4 Å². The van der Waals surface area contributed by atoms with Crippen molar-refractivity contribution in [1.29, 1.82) is 0 Å². The van der Waals surface area contributed by atoms with Crippen LogP contribution < -0.4 is 4.90 Å². The second-order valence-corrected chi connectivity index (χ2v) is 15.9. The molecule has 2 aromatic heterocycles. The summed E-state index contributed by atoms with van der Waals surface area (Å²) in [6.07, 6.45) is 6.87. The number of para-hydroxylation sites is 3. The molecule has 0 saturated heterocycles. The molecular weight excluding hydrogens is 757 g/mol. The van der Waals surface area contributed by atoms with Crippen molar-refractivity contribution in [3.8, 4) is 56.4 Å². The SMILES string of the molecule is C1=CC2c3cc(-c4cccc5c4oc4c(-c6nc(-c7ccccc7)nc(-c7ccc(-c8ccccc8)cc7)n6)cccc45)ccc3N(c3ccccc3)C2C(c2ccccc2)=C1. The topological polar surface area (TPSA) is 55.1 Å². The number of rotatable bonds is 7. The van der Waals surface area contributed by atoms with Gasteiger partial charge in [-0.15, -0.1) is 0 Å². The molecule has 62 heavy (non-hydrogen) atoms. The Morgan fingerprint density at radius 2 is 0.935 bits per heavy atom. The van der Waals surface area contributed by atoms with Crippen LogP contribution in [0.3, 0.4) is 0 Å². The highest BCUT2D eigenvalue weighted by Gasteiger charge is 2.41. The number of fused-ring (bicyclic) bond motifs is 6. The van der Waals surface area contributed by atoms with Gasteiger partial charge in [0.25, 0.3) is 0 Å². The predicted octanol–water partition coefficient (Wildman–Crippen LogP) is 14.4. The molecule has 0 radical (unpaired) electrons. The molecule has 5 heteroatoms. The molecule has 2 unspecified atom stereocenters. The van der Waals surface area contributed by atoms with E-state index >= 15 is 0 Å². The highest BCUT2D eigenvalue weighted by molar-refractivity contribution is 6.13. The molecule has 12 rings (SSSR count). The fourth-order valence-electron chi connectivity index (χ4n) is 9.40. The van der Waals surface area contributed by atoms with E-state index in [1.807, 2.05) is 36.4 Å². The van der Waals surface area contributed by atoms with E-state index in [2.05, 4.69) is 187 Å². The number of hydrogen-bond donors (Lipinski definition) is 0. The third-order valence-electron chi connectivity index (χ3n) is 12.3. The Kier molecular flexibility index (Phi) is 8.56. The summed E-state index contributed by atoms with van der Waals surface area (Å²) in [4.78, 5) is 17.8. The van der Waals surface area contributed by atoms with Crippen molar-refractivity contribution in [2.45, 2.75) is 12.0 Å². The molecule has 0 spiro atoms. The largest absolute Gasteiger partial charge is 0.455 e. The summed E-state index contributed by atoms with van der Waals surface area (Å²) >= 11 is 0. The van der Waals surface area contributed by atoms with E-state index in [0.29, 0.717) is 17.5 Å². The van der Waals surface area contributed by atoms with Gasteiger partial charge in [0, 0.05) is 44.8 Å². The van der Waals surface area contributed by atoms with Crippen LogP contribution in [0.2, 0.25) is 0 Å². The second kappa shape index (κ2) is 14.8. The molecule has 2 atom stereocenters. The summed E-state index contributed by atoms with van der Waals surface area (Å²) in [6, 6.07) is 70.2. The van der Waals surface area contributed by atoms with Crippen molar-refractivity contribution in [1.82, 2.24) is 15.0 Å². The number of nitrogens with zero attached hydrogens (tertiary/aromatic N) is 4. The average Bonchev–Trinajstić information content (AvgIpc) is 3.91. The van der Waals surface area contributed by atoms with Gasteiger partial charge in [-0.25, -0.2) is 15.0 Å². The summed E-state index contributed by atoms with van der Waals surface area (Å²) in [7, 11) is 0. The Labute approximate surface area is 359 Å². The minimum Gasteiger partial charge on any atom is -0.455 e. The van der Waals surface area contributed by atoms with Crippen LogP contribution in [0.5, 0.6) is 0 Å². The van der Waals surface area contributed by atoms with E-state index in [1.165, 1.54) is 28.1 Å². The maximum Gasteiger partial charge on any atom is 0.167 e. The molecule has 0 fully saturated rings. The highest BCUT2D eigenvalue weighted by atomic mass is 16.3. The van der Waals surface area contributed by atoms with Crippen molar-refractivity contribution in [3.05, 3.63) is 230 Å². The van der Waals surface area contributed by atoms with E-state index in [1.54, 1.807) is 0 Å². The van der Waals surface area contributed by atoms with Gasteiger partial charge in [-0.3, -0.25) is 0 Å². The predicted molar refractivity (Wildman–Crippen MR) is 253 cm³/mol. The van der Waals surface area contributed by atoms with Crippen LogP contribution in [0.15, 0.2) is 223 Å². The van der Waals surface area contributed by atoms with Crippen molar-refractivity contribution < 1.29 is 4.42 Å². The zero-order valence-corrected chi connectivity index (χ0v) is 33.6. The van der Waals surface area contributed by atoms with Gasteiger partial charge in [-0.1, -0.05) is 188 Å². The molecule has 5 nitrogen and oxygen atoms in total. The van der Waals surface area contributed by atoms with Crippen LogP contribution in [-0.2, 0) is 0 Å². The van der Waals surface area contributed by atoms with E-state index in [4.69, 9.17) is 19.4 Å². The van der Waals surface area contributed by atoms with Crippen LogP contribution >= 0.6 is 0 Å². The van der Waals surface area contributed by atoms with Crippen LogP contribution in [0, 0.1) is 0 Å². The summed E-state index contributed by atoms with van der Waals surface area (Å²) < 4.78 is 7.04. The lowest BCUT2D eigenvalue weighted by Crippen LogP contribution is -2.32. The lowest BCUT2D eigenvalue weighted by atomic mass is 9.82. The number of hydrogen-bond acceptors (Lipinski definition) is 5. The highest BCUT2D eigenvalue weighted by Crippen LogP contribution is 2.53. The maximum absolute atomic E-state index is 7.04. The molecule has 8 aromatic carbocycles. The normalized spacial score (nSPS) is 15.4. The van der Waals surface area contributed by atoms with E-state index in [9.17, 15) is 0 Å². The number of allylic oxidation sites excluding steroid dienone is 2. The smallest absolute Gasteiger partial charge is 0.167 e. The molecule has 0 bridgehead atoms. The lowest BCUT2D eigenvalue weighted by Gasteiger charge is -2.33. The van der Waals surface area contributed by atoms with Crippen LogP contribution in [0.1, 0.15) is 17.0 Å². The van der Waals surface area contributed by atoms with Gasteiger partial charge >= 0.3 is 0 Å². The average molecular weight is 795 g/mol. The summed E-state index contributed by atoms with van der Waals surface area (Å²) in [5.41, 5.74) is 14.9. The van der Waals surface area contributed by atoms with Gasteiger partial charge < -0.3 is 9.32 Å². The first kappa shape index (κ1) is 35.8. The fourth-order valence-corrected chi connectivity index (χ4v) is 9.40. The van der Waals surface area contributed by atoms with Crippen LogP contribution in [0.25, 0.3) is 83.9 Å². The Balaban J connectivity index is 0.980. The van der Waals surface area contributed by atoms with Gasteiger partial charge in [0.2, 0.25) is 0 Å². The Bertz CT molecular complexity index is 3340. The molecule has 1 aliphatic heterocycles. The van der Waals surface area contributed by atoms with Crippen molar-refractivity contribution in [2.24, 2.45) is 0 Å². The fraction of sp³-hybridized carbons (Fsp3) is 0.0351. The number of furan rings is 1. The number of aromatic nitrogens is 3. The van der Waals surface area contributed by atoms with E-state index in [0.717, 1.165) is 60.9 Å². The number of anilines is 2. The monoisotopic (exact) mass is 794 g/mol. The molecule has 292 valence electrons. The van der Waals surface area contributed by atoms with Crippen molar-refractivity contribution >= 4 is 38.9 Å². The minimum absolute atomic E-state index is 0.118. The van der Waals surface area contributed by atoms with Gasteiger partial charge in [-0.2, -0.15) is 0 Å². The van der Waals surface area contributed by atoms with Crippen molar-refractivity contribution in [3.63, 3.8) is 0 Å². The zero-order valence-electron chi connectivity index (χ0n) is 33.6. The summed E-state index contributed by atoms with van der Waals surface area (Å²) in [6.45, 7) is 0. The van der Waals surface area contributed by atoms with Gasteiger partial charge in [0.15, 0.2) is 17.5 Å². The molecule has 2 aliphatic rings. The Morgan fingerprint density at radius 1 is 0.419 bits per heavy atom. The first-order valence-corrected chi connectivity index (χ1v) is 21.1. The van der Waals surface area contributed by atoms with E-state index in [-0.39, 0.29) is 12.0 Å². The third kappa shape index (κ3) is 6.05. The first-order valence-electron chi connectivity index (χ1n) is 21.1. The molecular formula is C57H38N4O. The standard InChI is InChI=1S/C57H38N4O/c1-5-16-37(17-6-1)38-30-32-41(33-31-38)56-58-55(40-20-9-3-10-21-40)59-57(60-56)49-29-15-28-48-47-27-14-25-45(53(47)62-54(48)49)42-34-35-51-50(36-42)46-26-13-24-44(39-18-7-2-8-19-39)52(46)61(51)43-22-11-4-12-23-43/h1-36,46,52H. The van der Waals surface area contributed by atoms with Crippen molar-refractivity contribution in [2.75, 3.05) is 4.90 Å². The number of benzene rings is 8. The van der Waals surface area contributed by atoms with Gasteiger partial charge in [0.05, 0.1) is 11.6 Å². The van der Waals surface area contributed by atoms with Gasteiger partial charge in [0.1, 0.15) is 11.2 Å². The van der Waals surface area contributed by atoms with Crippen LogP contribution in [-0.4, -0.2) is 21.0 Å². The molecule has 10 aromatic rings. The third-order valence-corrected chi connectivity index (χ3v) is 12.3. The van der Waals surface area contributed by atoms with Gasteiger partial charge in [-0.05, 0) is 63.7 Å². The molecule has 3 heterocycles. The molecule has 0 saturated carbocycles. The first-order chi connectivity index (χ1) is 30.7. The Morgan fingerprint density at radius 3 is 1.61 bits per heavy atom. The summed E-state index contributed by atoms with van der Waals surface area (Å²) in [5.74, 6) is 1.93. The summed E-state index contributed by atoms with van der Waals surface area (Å²) in [5, 5.41) is 2.06. The molecule has 1 aliphatic carbocycles. The maximum atomic E-state index is 7.04. The quantitative estimate of drug-likeness (QED) is 0.161. The second-order valence-electron chi connectivity index (χ2n) is 15.9. The molecule has 0 amide bonds. The zero-order chi connectivity index (χ0) is 41.0. The van der Waals surface area contributed by atoms with E-state index < -0.39 is 0 Å². The Hall–Kier alpha value is -8.15. The molecule has 0 N–H and O–H groups in total.